The molecule has 0 heterocycles. The Labute approximate surface area is 72.9 Å². The lowest BCUT2D eigenvalue weighted by Crippen LogP contribution is -2.32. The Balaban J connectivity index is 3.47. The molecule has 0 atom stereocenters. The van der Waals surface area contributed by atoms with Crippen molar-refractivity contribution in [1.29, 1.82) is 0 Å². The Kier molecular flexibility index (Phi) is 4.85. The normalized spacial score (nSPS) is 11.3. The molecular weight excluding hydrogens is 158 g/mol. The van der Waals surface area contributed by atoms with Crippen molar-refractivity contribution in [1.82, 2.24) is 5.32 Å². The van der Waals surface area contributed by atoms with Gasteiger partial charge in [0.25, 0.3) is 0 Å². The van der Waals surface area contributed by atoms with E-state index in [9.17, 15) is 4.79 Å². The second-order valence-electron chi connectivity index (χ2n) is 3.49. The van der Waals surface area contributed by atoms with E-state index in [2.05, 4.69) is 5.32 Å². The predicted octanol–water partition coefficient (Wildman–Crippen LogP) is -0.0900. The minimum absolute atomic E-state index is 0.0306. The van der Waals surface area contributed by atoms with Gasteiger partial charge < -0.3 is 15.2 Å². The van der Waals surface area contributed by atoms with Crippen LogP contribution >= 0.6 is 0 Å². The molecule has 0 aliphatic rings. The van der Waals surface area contributed by atoms with Crippen LogP contribution in [-0.4, -0.2) is 36.4 Å². The van der Waals surface area contributed by atoms with Crippen LogP contribution in [-0.2, 0) is 9.53 Å². The third-order valence-corrected chi connectivity index (χ3v) is 0.978. The van der Waals surface area contributed by atoms with Crippen LogP contribution in [0.4, 0.5) is 0 Å². The summed E-state index contributed by atoms with van der Waals surface area (Å²) < 4.78 is 5.00. The van der Waals surface area contributed by atoms with Crippen molar-refractivity contribution in [2.75, 3.05) is 19.7 Å². The molecule has 0 radical (unpaired) electrons. The van der Waals surface area contributed by atoms with E-state index in [0.717, 1.165) is 0 Å². The molecule has 0 aromatic carbocycles. The lowest BCUT2D eigenvalue weighted by molar-refractivity contribution is -0.153. The number of ether oxygens (including phenoxy) is 1. The Hall–Kier alpha value is -0.610. The van der Waals surface area contributed by atoms with Gasteiger partial charge in [0.05, 0.1) is 13.2 Å². The fraction of sp³-hybridized carbons (Fsp3) is 0.875. The van der Waals surface area contributed by atoms with Gasteiger partial charge in [-0.05, 0) is 20.8 Å². The second-order valence-corrected chi connectivity index (χ2v) is 3.49. The quantitative estimate of drug-likeness (QED) is 0.463. The molecule has 0 aliphatic carbocycles. The highest BCUT2D eigenvalue weighted by Crippen LogP contribution is 2.05. The zero-order valence-electron chi connectivity index (χ0n) is 7.89. The fourth-order valence-electron chi connectivity index (χ4n) is 0.647. The van der Waals surface area contributed by atoms with E-state index in [0.29, 0.717) is 6.54 Å². The van der Waals surface area contributed by atoms with E-state index >= 15 is 0 Å². The van der Waals surface area contributed by atoms with Gasteiger partial charge >= 0.3 is 5.97 Å². The monoisotopic (exact) mass is 175 g/mol. The summed E-state index contributed by atoms with van der Waals surface area (Å²) in [5, 5.41) is 11.1. The molecule has 0 spiro atoms. The van der Waals surface area contributed by atoms with Crippen LogP contribution in [0.25, 0.3) is 0 Å². The number of hydrogen-bond acceptors (Lipinski definition) is 4. The van der Waals surface area contributed by atoms with E-state index < -0.39 is 5.60 Å². The van der Waals surface area contributed by atoms with E-state index in [1.165, 1.54) is 0 Å². The van der Waals surface area contributed by atoms with Gasteiger partial charge in [-0.3, -0.25) is 4.79 Å². The van der Waals surface area contributed by atoms with Crippen molar-refractivity contribution in [2.45, 2.75) is 26.4 Å². The summed E-state index contributed by atoms with van der Waals surface area (Å²) in [6.07, 6.45) is 0. The van der Waals surface area contributed by atoms with Crippen LogP contribution in [0.3, 0.4) is 0 Å². The number of nitrogens with one attached hydrogen (secondary N) is 1. The van der Waals surface area contributed by atoms with Gasteiger partial charge in [0.1, 0.15) is 5.60 Å². The van der Waals surface area contributed by atoms with Crippen LogP contribution < -0.4 is 5.32 Å². The van der Waals surface area contributed by atoms with Crippen LogP contribution in [0.2, 0.25) is 0 Å². The molecule has 0 aromatic rings. The summed E-state index contributed by atoms with van der Waals surface area (Å²) in [6.45, 7) is 6.05. The highest BCUT2D eigenvalue weighted by Gasteiger charge is 2.15. The van der Waals surface area contributed by atoms with Gasteiger partial charge in [-0.15, -0.1) is 0 Å². The molecule has 0 aromatic heterocycles. The molecule has 0 saturated heterocycles. The summed E-state index contributed by atoms with van der Waals surface area (Å²) in [7, 11) is 0. The number of aliphatic hydroxyl groups is 1. The third-order valence-electron chi connectivity index (χ3n) is 0.978. The Morgan fingerprint density at radius 1 is 1.50 bits per heavy atom. The maximum absolute atomic E-state index is 11.0. The van der Waals surface area contributed by atoms with Gasteiger partial charge in [0, 0.05) is 6.54 Å². The standard InChI is InChI=1S/C8H17NO3/c1-8(2,3)12-7(11)6-9-4-5-10/h9-10H,4-6H2,1-3H3. The number of carbonyl (C=O) groups is 1. The molecule has 0 rings (SSSR count). The minimum Gasteiger partial charge on any atom is -0.459 e. The first kappa shape index (κ1) is 11.4. The Bertz CT molecular complexity index is 140. The zero-order chi connectivity index (χ0) is 9.61. The third kappa shape index (κ3) is 7.50. The van der Waals surface area contributed by atoms with E-state index in [1.807, 2.05) is 20.8 Å². The van der Waals surface area contributed by atoms with Gasteiger partial charge in [-0.25, -0.2) is 0 Å². The molecular formula is C8H17NO3. The first-order valence-electron chi connectivity index (χ1n) is 3.99. The highest BCUT2D eigenvalue weighted by atomic mass is 16.6. The molecule has 0 aliphatic heterocycles. The minimum atomic E-state index is -0.433. The van der Waals surface area contributed by atoms with Gasteiger partial charge in [-0.2, -0.15) is 0 Å². The molecule has 0 fully saturated rings. The molecule has 0 amide bonds. The topological polar surface area (TPSA) is 58.6 Å². The van der Waals surface area contributed by atoms with Crippen LogP contribution in [0.1, 0.15) is 20.8 Å². The molecule has 4 heteroatoms. The SMILES string of the molecule is CC(C)(C)OC(=O)CNCCO. The predicted molar refractivity (Wildman–Crippen MR) is 45.8 cm³/mol. The lowest BCUT2D eigenvalue weighted by Gasteiger charge is -2.19. The molecule has 0 saturated carbocycles. The van der Waals surface area contributed by atoms with E-state index in [-0.39, 0.29) is 19.1 Å². The lowest BCUT2D eigenvalue weighted by atomic mass is 10.2. The maximum atomic E-state index is 11.0. The first-order valence-corrected chi connectivity index (χ1v) is 3.99. The summed E-state index contributed by atoms with van der Waals surface area (Å²) in [6, 6.07) is 0. The summed E-state index contributed by atoms with van der Waals surface area (Å²) in [5.74, 6) is -0.295. The van der Waals surface area contributed by atoms with E-state index in [1.54, 1.807) is 0 Å². The summed E-state index contributed by atoms with van der Waals surface area (Å²) in [4.78, 5) is 11.0. The van der Waals surface area contributed by atoms with Crippen LogP contribution in [0.5, 0.6) is 0 Å². The number of rotatable bonds is 4. The van der Waals surface area contributed by atoms with Gasteiger partial charge in [0.15, 0.2) is 0 Å². The largest absolute Gasteiger partial charge is 0.459 e. The van der Waals surface area contributed by atoms with Crippen molar-refractivity contribution in [3.05, 3.63) is 0 Å². The molecule has 4 nitrogen and oxygen atoms in total. The Morgan fingerprint density at radius 3 is 2.50 bits per heavy atom. The average Bonchev–Trinajstić information content (AvgIpc) is 1.84. The van der Waals surface area contributed by atoms with Gasteiger partial charge in [-0.1, -0.05) is 0 Å². The molecule has 2 N–H and O–H groups in total. The van der Waals surface area contributed by atoms with Crippen molar-refractivity contribution < 1.29 is 14.6 Å². The van der Waals surface area contributed by atoms with Gasteiger partial charge in [0.2, 0.25) is 0 Å². The average molecular weight is 175 g/mol. The number of esters is 1. The Morgan fingerprint density at radius 2 is 2.08 bits per heavy atom. The fourth-order valence-corrected chi connectivity index (χ4v) is 0.647. The van der Waals surface area contributed by atoms with Crippen molar-refractivity contribution in [3.63, 3.8) is 0 Å². The van der Waals surface area contributed by atoms with Crippen molar-refractivity contribution in [2.24, 2.45) is 0 Å². The summed E-state index contributed by atoms with van der Waals surface area (Å²) >= 11 is 0. The maximum Gasteiger partial charge on any atom is 0.320 e. The molecule has 0 bridgehead atoms. The first-order chi connectivity index (χ1) is 5.45. The van der Waals surface area contributed by atoms with Crippen LogP contribution in [0.15, 0.2) is 0 Å². The molecule has 12 heavy (non-hydrogen) atoms. The highest BCUT2D eigenvalue weighted by molar-refractivity contribution is 5.72. The number of carbonyl (C=O) groups excluding carboxylic acids is 1. The second kappa shape index (κ2) is 5.11. The number of hydrogen-bond donors (Lipinski definition) is 2. The smallest absolute Gasteiger partial charge is 0.320 e. The van der Waals surface area contributed by atoms with E-state index in [4.69, 9.17) is 9.84 Å². The van der Waals surface area contributed by atoms with Crippen LogP contribution in [0, 0.1) is 0 Å². The molecule has 72 valence electrons. The summed E-state index contributed by atoms with van der Waals surface area (Å²) in [5.41, 5.74) is -0.433. The zero-order valence-corrected chi connectivity index (χ0v) is 7.89. The van der Waals surface area contributed by atoms with Crippen molar-refractivity contribution in [3.8, 4) is 0 Å². The number of aliphatic hydroxyl groups excluding tert-OH is 1. The van der Waals surface area contributed by atoms with Crippen molar-refractivity contribution >= 4 is 5.97 Å². The molecule has 0 unspecified atom stereocenters.